The fourth-order valence-electron chi connectivity index (χ4n) is 1.08. The number of hydrogen-bond donors (Lipinski definition) is 3. The van der Waals surface area contributed by atoms with E-state index in [-0.39, 0.29) is 6.04 Å². The number of primary amides is 1. The van der Waals surface area contributed by atoms with Crippen LogP contribution in [-0.4, -0.2) is 6.03 Å². The minimum atomic E-state index is -0.524. The van der Waals surface area contributed by atoms with E-state index in [0.29, 0.717) is 5.69 Å². The van der Waals surface area contributed by atoms with E-state index in [1.165, 1.54) is 0 Å². The lowest BCUT2D eigenvalue weighted by Gasteiger charge is -2.12. The lowest BCUT2D eigenvalue weighted by molar-refractivity contribution is 0.246. The molecule has 70 valence electrons. The van der Waals surface area contributed by atoms with Gasteiger partial charge in [0, 0.05) is 5.69 Å². The number of hydrogen-bond acceptors (Lipinski definition) is 2. The predicted molar refractivity (Wildman–Crippen MR) is 52.0 cm³/mol. The highest BCUT2D eigenvalue weighted by molar-refractivity contribution is 5.72. The molecule has 4 nitrogen and oxygen atoms in total. The summed E-state index contributed by atoms with van der Waals surface area (Å²) >= 11 is 0. The van der Waals surface area contributed by atoms with Crippen LogP contribution in [0.5, 0.6) is 0 Å². The van der Waals surface area contributed by atoms with Crippen molar-refractivity contribution in [2.75, 3.05) is 5.73 Å². The molecule has 0 aliphatic carbocycles. The van der Waals surface area contributed by atoms with Crippen molar-refractivity contribution < 1.29 is 4.79 Å². The smallest absolute Gasteiger partial charge is 0.312 e. The Balaban J connectivity index is 2.71. The van der Waals surface area contributed by atoms with Gasteiger partial charge in [0.1, 0.15) is 0 Å². The first-order chi connectivity index (χ1) is 6.09. The monoisotopic (exact) mass is 179 g/mol. The third-order valence-electron chi connectivity index (χ3n) is 1.80. The standard InChI is InChI=1S/C9H13N3O/c1-6(12-9(11)13)7-2-4-8(10)5-3-7/h2-6H,10H2,1H3,(H3,11,12,13). The predicted octanol–water partition coefficient (Wildman–Crippen LogP) is 0.998. The number of nitrogens with two attached hydrogens (primary N) is 2. The van der Waals surface area contributed by atoms with Crippen molar-refractivity contribution in [3.05, 3.63) is 29.8 Å². The summed E-state index contributed by atoms with van der Waals surface area (Å²) in [6.07, 6.45) is 0. The molecule has 0 spiro atoms. The largest absolute Gasteiger partial charge is 0.399 e. The van der Waals surface area contributed by atoms with Crippen LogP contribution in [-0.2, 0) is 0 Å². The summed E-state index contributed by atoms with van der Waals surface area (Å²) in [5.74, 6) is 0. The Labute approximate surface area is 76.9 Å². The number of nitrogen functional groups attached to an aromatic ring is 1. The maximum atomic E-state index is 10.5. The Morgan fingerprint density at radius 3 is 2.38 bits per heavy atom. The van der Waals surface area contributed by atoms with E-state index < -0.39 is 6.03 Å². The molecular weight excluding hydrogens is 166 g/mol. The second kappa shape index (κ2) is 3.80. The summed E-state index contributed by atoms with van der Waals surface area (Å²) < 4.78 is 0. The Morgan fingerprint density at radius 1 is 1.38 bits per heavy atom. The van der Waals surface area contributed by atoms with Gasteiger partial charge in [0.25, 0.3) is 0 Å². The van der Waals surface area contributed by atoms with Gasteiger partial charge in [-0.15, -0.1) is 0 Å². The van der Waals surface area contributed by atoms with Crippen LogP contribution in [0.2, 0.25) is 0 Å². The molecule has 0 fully saturated rings. The number of amides is 2. The SMILES string of the molecule is CC(NC(N)=O)c1ccc(N)cc1. The number of carbonyl (C=O) groups excluding carboxylic acids is 1. The van der Waals surface area contributed by atoms with Crippen molar-refractivity contribution in [1.82, 2.24) is 5.32 Å². The van der Waals surface area contributed by atoms with Crippen LogP contribution in [0.1, 0.15) is 18.5 Å². The maximum absolute atomic E-state index is 10.5. The molecule has 0 bridgehead atoms. The highest BCUT2D eigenvalue weighted by Gasteiger charge is 2.05. The van der Waals surface area contributed by atoms with E-state index >= 15 is 0 Å². The average molecular weight is 179 g/mol. The molecule has 1 atom stereocenters. The van der Waals surface area contributed by atoms with E-state index in [1.807, 2.05) is 19.1 Å². The molecule has 0 aliphatic rings. The third kappa shape index (κ3) is 2.66. The van der Waals surface area contributed by atoms with Gasteiger partial charge in [-0.25, -0.2) is 4.79 Å². The van der Waals surface area contributed by atoms with Crippen molar-refractivity contribution in [3.8, 4) is 0 Å². The number of benzene rings is 1. The molecule has 5 N–H and O–H groups in total. The van der Waals surface area contributed by atoms with Crippen LogP contribution in [0.25, 0.3) is 0 Å². The molecule has 13 heavy (non-hydrogen) atoms. The molecular formula is C9H13N3O. The lowest BCUT2D eigenvalue weighted by Crippen LogP contribution is -2.31. The summed E-state index contributed by atoms with van der Waals surface area (Å²) in [5.41, 5.74) is 12.2. The first kappa shape index (κ1) is 9.38. The van der Waals surface area contributed by atoms with Gasteiger partial charge in [-0.1, -0.05) is 12.1 Å². The van der Waals surface area contributed by atoms with Crippen molar-refractivity contribution in [2.45, 2.75) is 13.0 Å². The molecule has 4 heteroatoms. The number of rotatable bonds is 2. The molecule has 2 amide bonds. The molecule has 1 unspecified atom stereocenters. The molecule has 0 aromatic heterocycles. The van der Waals surface area contributed by atoms with Crippen molar-refractivity contribution >= 4 is 11.7 Å². The van der Waals surface area contributed by atoms with Crippen molar-refractivity contribution in [3.63, 3.8) is 0 Å². The molecule has 0 saturated heterocycles. The Hall–Kier alpha value is -1.71. The van der Waals surface area contributed by atoms with Crippen LogP contribution in [0.3, 0.4) is 0 Å². The van der Waals surface area contributed by atoms with E-state index in [9.17, 15) is 4.79 Å². The second-order valence-electron chi connectivity index (χ2n) is 2.90. The maximum Gasteiger partial charge on any atom is 0.312 e. The normalized spacial score (nSPS) is 12.1. The van der Waals surface area contributed by atoms with E-state index in [0.717, 1.165) is 5.56 Å². The highest BCUT2D eigenvalue weighted by atomic mass is 16.2. The summed E-state index contributed by atoms with van der Waals surface area (Å²) in [6, 6.07) is 6.68. The topological polar surface area (TPSA) is 81.1 Å². The molecule has 1 rings (SSSR count). The Bertz CT molecular complexity index is 294. The van der Waals surface area contributed by atoms with Crippen LogP contribution in [0.4, 0.5) is 10.5 Å². The average Bonchev–Trinajstić information content (AvgIpc) is 2.04. The fraction of sp³-hybridized carbons (Fsp3) is 0.222. The fourth-order valence-corrected chi connectivity index (χ4v) is 1.08. The van der Waals surface area contributed by atoms with Gasteiger partial charge in [0.15, 0.2) is 0 Å². The molecule has 0 heterocycles. The lowest BCUT2D eigenvalue weighted by atomic mass is 10.1. The molecule has 0 radical (unpaired) electrons. The number of carbonyl (C=O) groups is 1. The highest BCUT2D eigenvalue weighted by Crippen LogP contribution is 2.13. The quantitative estimate of drug-likeness (QED) is 0.592. The zero-order chi connectivity index (χ0) is 9.84. The van der Waals surface area contributed by atoms with Crippen molar-refractivity contribution in [2.24, 2.45) is 5.73 Å². The van der Waals surface area contributed by atoms with Crippen molar-refractivity contribution in [1.29, 1.82) is 0 Å². The van der Waals surface area contributed by atoms with Gasteiger partial charge in [0.2, 0.25) is 0 Å². The Kier molecular flexibility index (Phi) is 2.74. The van der Waals surface area contributed by atoms with Crippen LogP contribution in [0, 0.1) is 0 Å². The molecule has 0 saturated carbocycles. The van der Waals surface area contributed by atoms with E-state index in [1.54, 1.807) is 12.1 Å². The summed E-state index contributed by atoms with van der Waals surface area (Å²) in [7, 11) is 0. The zero-order valence-corrected chi connectivity index (χ0v) is 7.45. The van der Waals surface area contributed by atoms with Crippen LogP contribution in [0.15, 0.2) is 24.3 Å². The van der Waals surface area contributed by atoms with Gasteiger partial charge in [-0.3, -0.25) is 0 Å². The molecule has 0 aliphatic heterocycles. The van der Waals surface area contributed by atoms with Crippen LogP contribution >= 0.6 is 0 Å². The van der Waals surface area contributed by atoms with E-state index in [2.05, 4.69) is 5.32 Å². The summed E-state index contributed by atoms with van der Waals surface area (Å²) in [5, 5.41) is 2.58. The Morgan fingerprint density at radius 2 is 1.92 bits per heavy atom. The minimum Gasteiger partial charge on any atom is -0.399 e. The minimum absolute atomic E-state index is 0.0851. The number of anilines is 1. The summed E-state index contributed by atoms with van der Waals surface area (Å²) in [4.78, 5) is 10.5. The van der Waals surface area contributed by atoms with Gasteiger partial charge in [0.05, 0.1) is 6.04 Å². The van der Waals surface area contributed by atoms with Crippen LogP contribution < -0.4 is 16.8 Å². The van der Waals surface area contributed by atoms with Gasteiger partial charge in [-0.2, -0.15) is 0 Å². The number of nitrogens with one attached hydrogen (secondary N) is 1. The second-order valence-corrected chi connectivity index (χ2v) is 2.90. The summed E-state index contributed by atoms with van der Waals surface area (Å²) in [6.45, 7) is 1.86. The number of urea groups is 1. The van der Waals surface area contributed by atoms with E-state index in [4.69, 9.17) is 11.5 Å². The molecule has 1 aromatic rings. The third-order valence-corrected chi connectivity index (χ3v) is 1.80. The molecule has 1 aromatic carbocycles. The first-order valence-electron chi connectivity index (χ1n) is 4.01. The zero-order valence-electron chi connectivity index (χ0n) is 7.45. The van der Waals surface area contributed by atoms with Gasteiger partial charge in [-0.05, 0) is 24.6 Å². The van der Waals surface area contributed by atoms with Gasteiger partial charge < -0.3 is 16.8 Å². The van der Waals surface area contributed by atoms with Gasteiger partial charge >= 0.3 is 6.03 Å². The first-order valence-corrected chi connectivity index (χ1v) is 4.01.